The number of allylic oxidation sites excluding steroid dienone is 5. The number of unbranched alkanes of at least 4 members (excludes halogenated alkanes) is 8. The molecular formula is C20H33NO3. The summed E-state index contributed by atoms with van der Waals surface area (Å²) in [5, 5.41) is 11.0. The zero-order valence-electron chi connectivity index (χ0n) is 15.1. The third kappa shape index (κ3) is 15.2. The van der Waals surface area contributed by atoms with Crippen molar-refractivity contribution < 1.29 is 9.72 Å². The number of hydrogen-bond donors (Lipinski definition) is 0. The van der Waals surface area contributed by atoms with Crippen LogP contribution < -0.4 is 0 Å². The molecular weight excluding hydrogens is 302 g/mol. The summed E-state index contributed by atoms with van der Waals surface area (Å²) in [5.74, 6) is 0. The molecule has 0 saturated carbocycles. The Balaban J connectivity index is 3.89. The summed E-state index contributed by atoms with van der Waals surface area (Å²) in [5.41, 5.74) is 0.283. The Hall–Kier alpha value is -1.71. The van der Waals surface area contributed by atoms with Crippen LogP contribution in [0.1, 0.15) is 84.0 Å². The molecule has 0 unspecified atom stereocenters. The molecule has 4 heteroatoms. The monoisotopic (exact) mass is 335 g/mol. The number of rotatable bonds is 16. The van der Waals surface area contributed by atoms with E-state index < -0.39 is 0 Å². The van der Waals surface area contributed by atoms with Crippen LogP contribution in [0, 0.1) is 10.1 Å². The highest BCUT2D eigenvalue weighted by Crippen LogP contribution is 2.10. The highest BCUT2D eigenvalue weighted by Gasteiger charge is 2.06. The molecule has 0 saturated heterocycles. The number of carbonyl (C=O) groups excluding carboxylic acids is 1. The second-order valence-corrected chi connectivity index (χ2v) is 5.99. The van der Waals surface area contributed by atoms with Crippen molar-refractivity contribution >= 4 is 6.29 Å². The van der Waals surface area contributed by atoms with Gasteiger partial charge in [0.25, 0.3) is 0 Å². The fourth-order valence-electron chi connectivity index (χ4n) is 2.33. The van der Waals surface area contributed by atoms with Crippen LogP contribution in [0.3, 0.4) is 0 Å². The third-order valence-corrected chi connectivity index (χ3v) is 3.80. The molecule has 24 heavy (non-hydrogen) atoms. The summed E-state index contributed by atoms with van der Waals surface area (Å²) in [6.45, 7) is 2.20. The van der Waals surface area contributed by atoms with E-state index in [0.29, 0.717) is 12.8 Å². The number of aldehydes is 1. The van der Waals surface area contributed by atoms with Gasteiger partial charge in [0, 0.05) is 6.42 Å². The molecule has 0 bridgehead atoms. The van der Waals surface area contributed by atoms with Gasteiger partial charge in [0.1, 0.15) is 6.29 Å². The first-order valence-corrected chi connectivity index (χ1v) is 9.29. The molecule has 0 atom stereocenters. The Morgan fingerprint density at radius 2 is 1.54 bits per heavy atom. The quantitative estimate of drug-likeness (QED) is 0.112. The van der Waals surface area contributed by atoms with Gasteiger partial charge in [-0.25, -0.2) is 0 Å². The second kappa shape index (κ2) is 17.6. The zero-order valence-corrected chi connectivity index (χ0v) is 15.1. The SMILES string of the molecule is CCCCC/C=C/C/C=C/C/C(=C/CCCCCCC=O)[N+](=O)[O-]. The Morgan fingerprint density at radius 3 is 2.21 bits per heavy atom. The van der Waals surface area contributed by atoms with E-state index in [1.807, 2.05) is 12.2 Å². The van der Waals surface area contributed by atoms with Gasteiger partial charge in [0.15, 0.2) is 0 Å². The summed E-state index contributed by atoms with van der Waals surface area (Å²) in [6.07, 6.45) is 22.2. The predicted octanol–water partition coefficient (Wildman–Crippen LogP) is 6.16. The molecule has 0 spiro atoms. The fraction of sp³-hybridized carbons (Fsp3) is 0.650. The molecule has 4 nitrogen and oxygen atoms in total. The van der Waals surface area contributed by atoms with Crippen molar-refractivity contribution in [3.63, 3.8) is 0 Å². The maximum absolute atomic E-state index is 11.0. The van der Waals surface area contributed by atoms with Gasteiger partial charge in [0.2, 0.25) is 5.70 Å². The van der Waals surface area contributed by atoms with Crippen LogP contribution in [0.5, 0.6) is 0 Å². The van der Waals surface area contributed by atoms with Gasteiger partial charge in [-0.15, -0.1) is 0 Å². The number of nitrogens with zero attached hydrogens (tertiary/aromatic N) is 1. The summed E-state index contributed by atoms with van der Waals surface area (Å²) in [6, 6.07) is 0. The van der Waals surface area contributed by atoms with E-state index in [2.05, 4.69) is 19.1 Å². The van der Waals surface area contributed by atoms with Crippen LogP contribution >= 0.6 is 0 Å². The van der Waals surface area contributed by atoms with Crippen LogP contribution in [0.4, 0.5) is 0 Å². The number of carbonyl (C=O) groups is 1. The van der Waals surface area contributed by atoms with Gasteiger partial charge in [-0.1, -0.05) is 56.9 Å². The summed E-state index contributed by atoms with van der Waals surface area (Å²) >= 11 is 0. The summed E-state index contributed by atoms with van der Waals surface area (Å²) in [4.78, 5) is 20.9. The number of nitro groups is 1. The number of hydrogen-bond acceptors (Lipinski definition) is 3. The molecule has 0 N–H and O–H groups in total. The molecule has 0 aromatic carbocycles. The Labute approximate surface area is 146 Å². The molecule has 0 aromatic rings. The predicted molar refractivity (Wildman–Crippen MR) is 100 cm³/mol. The van der Waals surface area contributed by atoms with Gasteiger partial charge in [0.05, 0.1) is 11.3 Å². The van der Waals surface area contributed by atoms with Crippen molar-refractivity contribution in [3.05, 3.63) is 46.2 Å². The molecule has 0 aliphatic heterocycles. The van der Waals surface area contributed by atoms with E-state index in [1.165, 1.54) is 19.3 Å². The van der Waals surface area contributed by atoms with E-state index in [1.54, 1.807) is 6.08 Å². The highest BCUT2D eigenvalue weighted by molar-refractivity contribution is 5.48. The van der Waals surface area contributed by atoms with Crippen molar-refractivity contribution in [2.75, 3.05) is 0 Å². The van der Waals surface area contributed by atoms with Crippen molar-refractivity contribution in [2.45, 2.75) is 84.0 Å². The lowest BCUT2D eigenvalue weighted by Crippen LogP contribution is -1.97. The third-order valence-electron chi connectivity index (χ3n) is 3.80. The van der Waals surface area contributed by atoms with E-state index in [4.69, 9.17) is 0 Å². The molecule has 0 amide bonds. The average molecular weight is 335 g/mol. The first kappa shape index (κ1) is 22.3. The van der Waals surface area contributed by atoms with Crippen LogP contribution in [-0.2, 0) is 4.79 Å². The van der Waals surface area contributed by atoms with Crippen molar-refractivity contribution in [3.8, 4) is 0 Å². The average Bonchev–Trinajstić information content (AvgIpc) is 2.57. The Morgan fingerprint density at radius 1 is 0.875 bits per heavy atom. The van der Waals surface area contributed by atoms with Crippen molar-refractivity contribution in [1.29, 1.82) is 0 Å². The van der Waals surface area contributed by atoms with Crippen LogP contribution in [0.15, 0.2) is 36.1 Å². The van der Waals surface area contributed by atoms with E-state index in [-0.39, 0.29) is 10.6 Å². The molecule has 0 aliphatic rings. The largest absolute Gasteiger partial charge is 0.303 e. The maximum atomic E-state index is 11.0. The van der Waals surface area contributed by atoms with Crippen LogP contribution in [0.25, 0.3) is 0 Å². The van der Waals surface area contributed by atoms with E-state index in [9.17, 15) is 14.9 Å². The topological polar surface area (TPSA) is 60.2 Å². The van der Waals surface area contributed by atoms with E-state index >= 15 is 0 Å². The van der Waals surface area contributed by atoms with Gasteiger partial charge in [-0.2, -0.15) is 0 Å². The molecule has 0 radical (unpaired) electrons. The second-order valence-electron chi connectivity index (χ2n) is 5.99. The lowest BCUT2D eigenvalue weighted by molar-refractivity contribution is -0.427. The van der Waals surface area contributed by atoms with Crippen LogP contribution in [0.2, 0.25) is 0 Å². The van der Waals surface area contributed by atoms with Gasteiger partial charge < -0.3 is 4.79 Å². The summed E-state index contributed by atoms with van der Waals surface area (Å²) < 4.78 is 0. The summed E-state index contributed by atoms with van der Waals surface area (Å²) in [7, 11) is 0. The van der Waals surface area contributed by atoms with Crippen molar-refractivity contribution in [1.82, 2.24) is 0 Å². The van der Waals surface area contributed by atoms with Crippen molar-refractivity contribution in [2.24, 2.45) is 0 Å². The first-order valence-electron chi connectivity index (χ1n) is 9.29. The smallest absolute Gasteiger partial charge is 0.246 e. The lowest BCUT2D eigenvalue weighted by Gasteiger charge is -1.97. The fourth-order valence-corrected chi connectivity index (χ4v) is 2.33. The molecule has 0 aliphatic carbocycles. The molecule has 0 heterocycles. The molecule has 136 valence electrons. The Kier molecular flexibility index (Phi) is 16.4. The maximum Gasteiger partial charge on any atom is 0.246 e. The minimum Gasteiger partial charge on any atom is -0.303 e. The normalized spacial score (nSPS) is 12.3. The molecule has 0 fully saturated rings. The minimum atomic E-state index is -0.280. The highest BCUT2D eigenvalue weighted by atomic mass is 16.6. The van der Waals surface area contributed by atoms with Gasteiger partial charge in [-0.05, 0) is 44.6 Å². The Bertz CT molecular complexity index is 411. The first-order chi connectivity index (χ1) is 11.7. The molecule has 0 aromatic heterocycles. The minimum absolute atomic E-state index is 0.280. The standard InChI is InChI=1S/C20H33NO3/c1-2-3-4-5-6-7-8-11-14-17-20(21(23)24)18-15-12-9-10-13-16-19-22/h6-7,11,14,18-19H,2-5,8-10,12-13,15-17H2,1H3/b7-6+,14-11+,20-18-. The molecule has 0 rings (SSSR count). The van der Waals surface area contributed by atoms with Gasteiger partial charge >= 0.3 is 0 Å². The zero-order chi connectivity index (χ0) is 17.9. The van der Waals surface area contributed by atoms with E-state index in [0.717, 1.165) is 51.2 Å². The van der Waals surface area contributed by atoms with Gasteiger partial charge in [-0.3, -0.25) is 10.1 Å². The lowest BCUT2D eigenvalue weighted by atomic mass is 10.1. The van der Waals surface area contributed by atoms with Crippen LogP contribution in [-0.4, -0.2) is 11.2 Å².